The first-order chi connectivity index (χ1) is 18.2. The molecule has 1 heterocycles. The summed E-state index contributed by atoms with van der Waals surface area (Å²) in [6.07, 6.45) is 1.82. The molecule has 3 aromatic carbocycles. The number of ether oxygens (including phenoxy) is 1. The second-order valence-electron chi connectivity index (χ2n) is 9.08. The van der Waals surface area contributed by atoms with Crippen LogP contribution < -0.4 is 10.1 Å². The van der Waals surface area contributed by atoms with Crippen LogP contribution in [0.15, 0.2) is 90.0 Å². The van der Waals surface area contributed by atoms with Gasteiger partial charge in [-0.15, -0.1) is 0 Å². The Kier molecular flexibility index (Phi) is 8.51. The Morgan fingerprint density at radius 1 is 1.03 bits per heavy atom. The molecule has 0 aliphatic carbocycles. The van der Waals surface area contributed by atoms with Crippen molar-refractivity contribution in [2.75, 3.05) is 25.5 Å². The van der Waals surface area contributed by atoms with Gasteiger partial charge in [-0.3, -0.25) is 14.7 Å². The highest BCUT2D eigenvalue weighted by Gasteiger charge is 2.28. The zero-order valence-corrected chi connectivity index (χ0v) is 22.9. The number of carbonyl (C=O) groups excluding carboxylic acids is 1. The molecular weight excluding hydrogens is 524 g/mol. The third-order valence-electron chi connectivity index (χ3n) is 5.72. The van der Waals surface area contributed by atoms with E-state index >= 15 is 0 Å². The predicted molar refractivity (Wildman–Crippen MR) is 149 cm³/mol. The van der Waals surface area contributed by atoms with E-state index in [-0.39, 0.29) is 29.9 Å². The molecule has 10 heteroatoms. The van der Waals surface area contributed by atoms with Gasteiger partial charge < -0.3 is 4.74 Å². The maximum atomic E-state index is 13.4. The monoisotopic (exact) mass is 552 g/mol. The van der Waals surface area contributed by atoms with Crippen molar-refractivity contribution < 1.29 is 17.9 Å². The van der Waals surface area contributed by atoms with Crippen LogP contribution in [0.2, 0.25) is 5.02 Å². The topological polar surface area (TPSA) is 93.5 Å². The summed E-state index contributed by atoms with van der Waals surface area (Å²) in [5.74, 6) is 0.488. The van der Waals surface area contributed by atoms with E-state index in [1.807, 2.05) is 74.6 Å². The van der Waals surface area contributed by atoms with Crippen LogP contribution >= 0.6 is 11.6 Å². The van der Waals surface area contributed by atoms with E-state index in [2.05, 4.69) is 10.3 Å². The quantitative estimate of drug-likeness (QED) is 0.281. The summed E-state index contributed by atoms with van der Waals surface area (Å²) < 4.78 is 34.9. The standard InChI is InChI=1S/C28H29ClN4O4S/c1-20(2)17-32(38(35,36)25-15-11-22(29)12-16-25)19-27(34)31-28-30-26(21-9-13-24(37-3)14-10-21)18-33(28)23-7-5-4-6-8-23/h4-16,18,20H,17,19H2,1-3H3,(H,30,31,34). The molecule has 0 aliphatic heterocycles. The van der Waals surface area contributed by atoms with Crippen LogP contribution in [0.25, 0.3) is 16.9 Å². The number of methoxy groups -OCH3 is 1. The number of sulfonamides is 1. The third-order valence-corrected chi connectivity index (χ3v) is 7.80. The molecule has 1 aromatic heterocycles. The zero-order chi connectivity index (χ0) is 27.3. The van der Waals surface area contributed by atoms with Gasteiger partial charge in [0.2, 0.25) is 21.9 Å². The van der Waals surface area contributed by atoms with Crippen LogP contribution in [0.1, 0.15) is 13.8 Å². The lowest BCUT2D eigenvalue weighted by Gasteiger charge is -2.23. The van der Waals surface area contributed by atoms with Crippen molar-refractivity contribution >= 4 is 33.5 Å². The van der Waals surface area contributed by atoms with Crippen molar-refractivity contribution in [1.29, 1.82) is 0 Å². The molecule has 198 valence electrons. The van der Waals surface area contributed by atoms with Crippen LogP contribution in [0.3, 0.4) is 0 Å². The summed E-state index contributed by atoms with van der Waals surface area (Å²) in [6, 6.07) is 22.8. The molecule has 0 saturated carbocycles. The van der Waals surface area contributed by atoms with Crippen molar-refractivity contribution in [1.82, 2.24) is 13.9 Å². The van der Waals surface area contributed by atoms with Gasteiger partial charge in [-0.1, -0.05) is 43.6 Å². The van der Waals surface area contributed by atoms with E-state index in [4.69, 9.17) is 16.3 Å². The highest BCUT2D eigenvalue weighted by Crippen LogP contribution is 2.26. The van der Waals surface area contributed by atoms with E-state index in [9.17, 15) is 13.2 Å². The van der Waals surface area contributed by atoms with E-state index < -0.39 is 15.9 Å². The predicted octanol–water partition coefficient (Wildman–Crippen LogP) is 5.49. The lowest BCUT2D eigenvalue weighted by molar-refractivity contribution is -0.116. The lowest BCUT2D eigenvalue weighted by Crippen LogP contribution is -2.40. The smallest absolute Gasteiger partial charge is 0.243 e. The van der Waals surface area contributed by atoms with E-state index in [1.54, 1.807) is 11.7 Å². The maximum absolute atomic E-state index is 13.4. The Morgan fingerprint density at radius 3 is 2.29 bits per heavy atom. The fourth-order valence-electron chi connectivity index (χ4n) is 3.89. The highest BCUT2D eigenvalue weighted by molar-refractivity contribution is 7.89. The molecular formula is C28H29ClN4O4S. The Balaban J connectivity index is 1.63. The van der Waals surface area contributed by atoms with Gasteiger partial charge in [0.05, 0.1) is 24.2 Å². The van der Waals surface area contributed by atoms with Gasteiger partial charge in [0, 0.05) is 29.0 Å². The van der Waals surface area contributed by atoms with Gasteiger partial charge in [-0.2, -0.15) is 4.31 Å². The van der Waals surface area contributed by atoms with Crippen LogP contribution in [0.5, 0.6) is 5.75 Å². The van der Waals surface area contributed by atoms with Crippen molar-refractivity contribution in [3.63, 3.8) is 0 Å². The first-order valence-electron chi connectivity index (χ1n) is 12.0. The van der Waals surface area contributed by atoms with Gasteiger partial charge in [0.1, 0.15) is 5.75 Å². The Bertz CT molecular complexity index is 1490. The largest absolute Gasteiger partial charge is 0.497 e. The summed E-state index contributed by atoms with van der Waals surface area (Å²) in [5, 5.41) is 3.25. The number of halogens is 1. The Hall–Kier alpha value is -3.66. The minimum absolute atomic E-state index is 0.00199. The minimum Gasteiger partial charge on any atom is -0.497 e. The summed E-state index contributed by atoms with van der Waals surface area (Å²) in [5.41, 5.74) is 2.27. The lowest BCUT2D eigenvalue weighted by atomic mass is 10.1. The van der Waals surface area contributed by atoms with Crippen LogP contribution in [-0.4, -0.2) is 48.4 Å². The summed E-state index contributed by atoms with van der Waals surface area (Å²) in [6.45, 7) is 3.59. The minimum atomic E-state index is -3.93. The summed E-state index contributed by atoms with van der Waals surface area (Å²) in [7, 11) is -2.33. The number of anilines is 1. The fourth-order valence-corrected chi connectivity index (χ4v) is 5.58. The van der Waals surface area contributed by atoms with Gasteiger partial charge in [0.25, 0.3) is 0 Å². The summed E-state index contributed by atoms with van der Waals surface area (Å²) in [4.78, 5) is 18.0. The number of rotatable bonds is 10. The summed E-state index contributed by atoms with van der Waals surface area (Å²) >= 11 is 5.94. The molecule has 0 fully saturated rings. The number of benzene rings is 3. The zero-order valence-electron chi connectivity index (χ0n) is 21.3. The number of aromatic nitrogens is 2. The number of imidazole rings is 1. The number of amides is 1. The SMILES string of the molecule is COc1ccc(-c2cn(-c3ccccc3)c(NC(=O)CN(CC(C)C)S(=O)(=O)c3ccc(Cl)cc3)n2)cc1. The van der Waals surface area contributed by atoms with Gasteiger partial charge >= 0.3 is 0 Å². The molecule has 4 aromatic rings. The molecule has 1 amide bonds. The van der Waals surface area contributed by atoms with Crippen molar-refractivity contribution in [3.8, 4) is 22.7 Å². The van der Waals surface area contributed by atoms with Crippen LogP contribution in [0.4, 0.5) is 5.95 Å². The molecule has 4 rings (SSSR count). The number of nitrogens with one attached hydrogen (secondary N) is 1. The molecule has 1 N–H and O–H groups in total. The first-order valence-corrected chi connectivity index (χ1v) is 13.8. The van der Waals surface area contributed by atoms with Gasteiger partial charge in [-0.25, -0.2) is 13.4 Å². The number of para-hydroxylation sites is 1. The van der Waals surface area contributed by atoms with Gasteiger partial charge in [0.15, 0.2) is 0 Å². The molecule has 0 atom stereocenters. The second kappa shape index (κ2) is 11.8. The van der Waals surface area contributed by atoms with Crippen molar-refractivity contribution in [2.24, 2.45) is 5.92 Å². The molecule has 38 heavy (non-hydrogen) atoms. The number of nitrogens with zero attached hydrogens (tertiary/aromatic N) is 3. The average Bonchev–Trinajstić information content (AvgIpc) is 3.32. The van der Waals surface area contributed by atoms with Gasteiger partial charge in [-0.05, 0) is 66.6 Å². The normalized spacial score (nSPS) is 11.6. The average molecular weight is 553 g/mol. The molecule has 0 spiro atoms. The molecule has 0 bridgehead atoms. The number of hydrogen-bond acceptors (Lipinski definition) is 5. The van der Waals surface area contributed by atoms with Crippen molar-refractivity contribution in [3.05, 3.63) is 90.1 Å². The van der Waals surface area contributed by atoms with Crippen LogP contribution in [-0.2, 0) is 14.8 Å². The van der Waals surface area contributed by atoms with E-state index in [0.717, 1.165) is 17.0 Å². The fraction of sp³-hybridized carbons (Fsp3) is 0.214. The highest BCUT2D eigenvalue weighted by atomic mass is 35.5. The Morgan fingerprint density at radius 2 is 1.68 bits per heavy atom. The van der Waals surface area contributed by atoms with Crippen LogP contribution in [0, 0.1) is 5.92 Å². The molecule has 8 nitrogen and oxygen atoms in total. The molecule has 0 saturated heterocycles. The third kappa shape index (κ3) is 6.42. The maximum Gasteiger partial charge on any atom is 0.243 e. The first kappa shape index (κ1) is 27.4. The second-order valence-corrected chi connectivity index (χ2v) is 11.5. The van der Waals surface area contributed by atoms with E-state index in [0.29, 0.717) is 10.7 Å². The molecule has 0 radical (unpaired) electrons. The van der Waals surface area contributed by atoms with E-state index in [1.165, 1.54) is 28.6 Å². The number of hydrogen-bond donors (Lipinski definition) is 1. The number of carbonyl (C=O) groups is 1. The molecule has 0 unspecified atom stereocenters. The van der Waals surface area contributed by atoms with Crippen molar-refractivity contribution in [2.45, 2.75) is 18.7 Å². The molecule has 0 aliphatic rings. The Labute approximate surface area is 227 Å².